The van der Waals surface area contributed by atoms with Crippen LogP contribution in [0.5, 0.6) is 0 Å². The molecule has 0 heterocycles. The zero-order valence-corrected chi connectivity index (χ0v) is 9.97. The number of nitrogens with one attached hydrogen (secondary N) is 1. The first-order chi connectivity index (χ1) is 6.63. The Morgan fingerprint density at radius 3 is 2.86 bits per heavy atom. The molecule has 2 nitrogen and oxygen atoms in total. The summed E-state index contributed by atoms with van der Waals surface area (Å²) in [5.74, 6) is -0.221. The van der Waals surface area contributed by atoms with Crippen LogP contribution in [0.1, 0.15) is 11.1 Å². The van der Waals surface area contributed by atoms with Crippen LogP contribution < -0.4 is 5.32 Å². The molecule has 1 aromatic carbocycles. The minimum Gasteiger partial charge on any atom is -0.351 e. The first kappa shape index (κ1) is 11.4. The van der Waals surface area contributed by atoms with Crippen molar-refractivity contribution in [2.75, 3.05) is 4.43 Å². The highest BCUT2D eigenvalue weighted by atomic mass is 127. The van der Waals surface area contributed by atoms with Gasteiger partial charge in [0.1, 0.15) is 5.82 Å². The van der Waals surface area contributed by atoms with E-state index in [1.807, 2.05) is 22.6 Å². The van der Waals surface area contributed by atoms with Crippen molar-refractivity contribution in [3.8, 4) is 0 Å². The fourth-order valence-corrected chi connectivity index (χ4v) is 1.33. The van der Waals surface area contributed by atoms with Crippen LogP contribution in [-0.4, -0.2) is 10.3 Å². The maximum absolute atomic E-state index is 12.9. The van der Waals surface area contributed by atoms with Crippen molar-refractivity contribution in [1.29, 1.82) is 0 Å². The average Bonchev–Trinajstić information content (AvgIpc) is 2.19. The number of hydrogen-bond acceptors (Lipinski definition) is 1. The predicted molar refractivity (Wildman–Crippen MR) is 61.9 cm³/mol. The van der Waals surface area contributed by atoms with Gasteiger partial charge in [0, 0.05) is 6.54 Å². The zero-order valence-electron chi connectivity index (χ0n) is 7.81. The van der Waals surface area contributed by atoms with Crippen LogP contribution in [-0.2, 0) is 11.3 Å². The quantitative estimate of drug-likeness (QED) is 0.673. The number of hydrogen-bond donors (Lipinski definition) is 1. The van der Waals surface area contributed by atoms with Crippen molar-refractivity contribution in [1.82, 2.24) is 5.32 Å². The summed E-state index contributed by atoms with van der Waals surface area (Å²) in [6.45, 7) is 2.17. The highest BCUT2D eigenvalue weighted by Crippen LogP contribution is 2.08. The van der Waals surface area contributed by atoms with Crippen LogP contribution in [0.3, 0.4) is 0 Å². The topological polar surface area (TPSA) is 29.1 Å². The van der Waals surface area contributed by atoms with Gasteiger partial charge in [-0.1, -0.05) is 34.7 Å². The molecule has 0 spiro atoms. The molecule has 0 aromatic heterocycles. The summed E-state index contributed by atoms with van der Waals surface area (Å²) < 4.78 is 13.3. The van der Waals surface area contributed by atoms with Gasteiger partial charge in [0.05, 0.1) is 4.43 Å². The Kier molecular flexibility index (Phi) is 4.31. The molecule has 1 amide bonds. The molecule has 0 aliphatic rings. The third-order valence-electron chi connectivity index (χ3n) is 1.83. The number of carbonyl (C=O) groups excluding carboxylic acids is 1. The number of amides is 1. The molecule has 1 rings (SSSR count). The van der Waals surface area contributed by atoms with Gasteiger partial charge in [0.15, 0.2) is 0 Å². The third kappa shape index (κ3) is 3.25. The van der Waals surface area contributed by atoms with Crippen molar-refractivity contribution in [3.63, 3.8) is 0 Å². The number of alkyl halides is 1. The molecule has 1 N–H and O–H groups in total. The number of rotatable bonds is 3. The molecule has 0 bridgehead atoms. The lowest BCUT2D eigenvalue weighted by atomic mass is 10.1. The molecule has 0 unspecified atom stereocenters. The standard InChI is InChI=1S/C10H11FINO/c1-7-4-8(2-3-9(7)11)6-13-10(14)5-12/h2-4H,5-6H2,1H3,(H,13,14). The Morgan fingerprint density at radius 1 is 1.57 bits per heavy atom. The normalized spacial score (nSPS) is 9.93. The Morgan fingerprint density at radius 2 is 2.29 bits per heavy atom. The summed E-state index contributed by atoms with van der Waals surface area (Å²) >= 11 is 2.00. The fraction of sp³-hybridized carbons (Fsp3) is 0.300. The van der Waals surface area contributed by atoms with Crippen molar-refractivity contribution >= 4 is 28.5 Å². The average molecular weight is 307 g/mol. The Labute approximate surface area is 96.0 Å². The van der Waals surface area contributed by atoms with E-state index in [2.05, 4.69) is 5.32 Å². The molecule has 4 heteroatoms. The van der Waals surface area contributed by atoms with E-state index in [0.29, 0.717) is 16.5 Å². The van der Waals surface area contributed by atoms with Crippen LogP contribution >= 0.6 is 22.6 Å². The van der Waals surface area contributed by atoms with Gasteiger partial charge in [-0.05, 0) is 24.1 Å². The summed E-state index contributed by atoms with van der Waals surface area (Å²) in [6, 6.07) is 4.83. The summed E-state index contributed by atoms with van der Waals surface area (Å²) in [6.07, 6.45) is 0. The molecule has 0 radical (unpaired) electrons. The van der Waals surface area contributed by atoms with E-state index in [9.17, 15) is 9.18 Å². The lowest BCUT2D eigenvalue weighted by molar-refractivity contribution is -0.118. The van der Waals surface area contributed by atoms with Crippen molar-refractivity contribution in [2.45, 2.75) is 13.5 Å². The molecular weight excluding hydrogens is 296 g/mol. The Balaban J connectivity index is 2.60. The molecule has 0 fully saturated rings. The van der Waals surface area contributed by atoms with Gasteiger partial charge in [0.2, 0.25) is 5.91 Å². The lowest BCUT2D eigenvalue weighted by Gasteiger charge is -2.04. The van der Waals surface area contributed by atoms with Crippen LogP contribution in [0.2, 0.25) is 0 Å². The van der Waals surface area contributed by atoms with E-state index < -0.39 is 0 Å². The van der Waals surface area contributed by atoms with Gasteiger partial charge < -0.3 is 5.32 Å². The molecule has 76 valence electrons. The Bertz CT molecular complexity index is 341. The molecule has 0 atom stereocenters. The number of halogens is 2. The maximum Gasteiger partial charge on any atom is 0.230 e. The third-order valence-corrected chi connectivity index (χ3v) is 2.53. The predicted octanol–water partition coefficient (Wildman–Crippen LogP) is 2.19. The molecule has 14 heavy (non-hydrogen) atoms. The van der Waals surface area contributed by atoms with Gasteiger partial charge in [-0.15, -0.1) is 0 Å². The van der Waals surface area contributed by atoms with Crippen LogP contribution in [0.4, 0.5) is 4.39 Å². The van der Waals surface area contributed by atoms with Crippen molar-refractivity contribution in [2.24, 2.45) is 0 Å². The largest absolute Gasteiger partial charge is 0.351 e. The summed E-state index contributed by atoms with van der Waals surface area (Å²) in [7, 11) is 0. The number of carbonyl (C=O) groups is 1. The van der Waals surface area contributed by atoms with Gasteiger partial charge in [-0.25, -0.2) is 4.39 Å². The first-order valence-corrected chi connectivity index (χ1v) is 5.73. The van der Waals surface area contributed by atoms with Crippen molar-refractivity contribution in [3.05, 3.63) is 35.1 Å². The zero-order chi connectivity index (χ0) is 10.6. The summed E-state index contributed by atoms with van der Waals surface area (Å²) in [5, 5.41) is 2.73. The minimum atomic E-state index is -0.214. The highest BCUT2D eigenvalue weighted by molar-refractivity contribution is 14.1. The van der Waals surface area contributed by atoms with E-state index in [4.69, 9.17) is 0 Å². The molecule has 0 aliphatic carbocycles. The second kappa shape index (κ2) is 5.29. The van der Waals surface area contributed by atoms with E-state index in [1.165, 1.54) is 6.07 Å². The van der Waals surface area contributed by atoms with Crippen LogP contribution in [0.25, 0.3) is 0 Å². The second-order valence-electron chi connectivity index (χ2n) is 2.99. The summed E-state index contributed by atoms with van der Waals surface area (Å²) in [5.41, 5.74) is 1.52. The van der Waals surface area contributed by atoms with Crippen LogP contribution in [0, 0.1) is 12.7 Å². The minimum absolute atomic E-state index is 0.00687. The molecular formula is C10H11FINO. The molecule has 0 aliphatic heterocycles. The van der Waals surface area contributed by atoms with Gasteiger partial charge in [0.25, 0.3) is 0 Å². The lowest BCUT2D eigenvalue weighted by Crippen LogP contribution is -2.23. The van der Waals surface area contributed by atoms with E-state index in [0.717, 1.165) is 5.56 Å². The maximum atomic E-state index is 12.9. The smallest absolute Gasteiger partial charge is 0.230 e. The summed E-state index contributed by atoms with van der Waals surface area (Å²) in [4.78, 5) is 10.9. The number of benzene rings is 1. The Hall–Kier alpha value is -0.650. The fourth-order valence-electron chi connectivity index (χ4n) is 1.06. The van der Waals surface area contributed by atoms with Crippen molar-refractivity contribution < 1.29 is 9.18 Å². The molecule has 0 saturated heterocycles. The highest BCUT2D eigenvalue weighted by Gasteiger charge is 2.00. The monoisotopic (exact) mass is 307 g/mol. The van der Waals surface area contributed by atoms with E-state index in [-0.39, 0.29) is 11.7 Å². The van der Waals surface area contributed by atoms with E-state index in [1.54, 1.807) is 19.1 Å². The van der Waals surface area contributed by atoms with Gasteiger partial charge in [-0.3, -0.25) is 4.79 Å². The number of aryl methyl sites for hydroxylation is 1. The first-order valence-electron chi connectivity index (χ1n) is 4.21. The van der Waals surface area contributed by atoms with Crippen LogP contribution in [0.15, 0.2) is 18.2 Å². The second-order valence-corrected chi connectivity index (χ2v) is 3.76. The van der Waals surface area contributed by atoms with Gasteiger partial charge in [-0.2, -0.15) is 0 Å². The molecule has 1 aromatic rings. The SMILES string of the molecule is Cc1cc(CNC(=O)CI)ccc1F. The van der Waals surface area contributed by atoms with E-state index >= 15 is 0 Å². The molecule has 0 saturated carbocycles. The van der Waals surface area contributed by atoms with Gasteiger partial charge >= 0.3 is 0 Å².